The first-order valence-electron chi connectivity index (χ1n) is 14.5. The Morgan fingerprint density at radius 1 is 0.594 bits per heavy atom. The van der Waals surface area contributed by atoms with E-state index in [9.17, 15) is 0 Å². The number of rotatable bonds is 7. The largest absolute Gasteiger partial charge is 0.0625 e. The SMILES string of the molecule is CC1CCC(Cc2ccc(CCC3CCC(C(C)(C)C4CCC(C)CC4)CC3)cc2)CC1. The highest BCUT2D eigenvalue weighted by Crippen LogP contribution is 2.50. The molecule has 0 amide bonds. The van der Waals surface area contributed by atoms with Gasteiger partial charge in [-0.2, -0.15) is 0 Å². The Labute approximate surface area is 200 Å². The number of hydrogen-bond acceptors (Lipinski definition) is 0. The molecular formula is C32H52. The van der Waals surface area contributed by atoms with E-state index in [4.69, 9.17) is 0 Å². The van der Waals surface area contributed by atoms with E-state index in [0.29, 0.717) is 5.41 Å². The van der Waals surface area contributed by atoms with Gasteiger partial charge in [0.25, 0.3) is 0 Å². The van der Waals surface area contributed by atoms with Gasteiger partial charge < -0.3 is 0 Å². The summed E-state index contributed by atoms with van der Waals surface area (Å²) in [5.41, 5.74) is 3.72. The van der Waals surface area contributed by atoms with Gasteiger partial charge in [0.15, 0.2) is 0 Å². The van der Waals surface area contributed by atoms with Crippen molar-refractivity contribution in [2.75, 3.05) is 0 Å². The van der Waals surface area contributed by atoms with Crippen molar-refractivity contribution in [3.05, 3.63) is 35.4 Å². The Morgan fingerprint density at radius 3 is 1.59 bits per heavy atom. The lowest BCUT2D eigenvalue weighted by Gasteiger charge is -2.46. The second kappa shape index (κ2) is 11.1. The summed E-state index contributed by atoms with van der Waals surface area (Å²) in [4.78, 5) is 0. The minimum atomic E-state index is 0.567. The van der Waals surface area contributed by atoms with E-state index in [2.05, 4.69) is 52.0 Å². The monoisotopic (exact) mass is 436 g/mol. The first-order valence-corrected chi connectivity index (χ1v) is 14.5. The third-order valence-corrected chi connectivity index (χ3v) is 10.5. The summed E-state index contributed by atoms with van der Waals surface area (Å²) in [5.74, 6) is 5.80. The lowest BCUT2D eigenvalue weighted by molar-refractivity contribution is 0.0396. The van der Waals surface area contributed by atoms with E-state index in [1.165, 1.54) is 96.3 Å². The van der Waals surface area contributed by atoms with Crippen LogP contribution in [0.4, 0.5) is 0 Å². The first-order chi connectivity index (χ1) is 15.4. The molecule has 0 unspecified atom stereocenters. The molecule has 180 valence electrons. The van der Waals surface area contributed by atoms with Gasteiger partial charge in [-0.1, -0.05) is 90.5 Å². The van der Waals surface area contributed by atoms with Crippen LogP contribution in [0.2, 0.25) is 0 Å². The summed E-state index contributed by atoms with van der Waals surface area (Å²) < 4.78 is 0. The highest BCUT2D eigenvalue weighted by Gasteiger charge is 2.39. The lowest BCUT2D eigenvalue weighted by atomic mass is 9.59. The van der Waals surface area contributed by atoms with Gasteiger partial charge in [-0.15, -0.1) is 0 Å². The van der Waals surface area contributed by atoms with Crippen LogP contribution in [0.25, 0.3) is 0 Å². The Bertz CT molecular complexity index is 658. The molecule has 0 N–H and O–H groups in total. The highest BCUT2D eigenvalue weighted by molar-refractivity contribution is 5.23. The van der Waals surface area contributed by atoms with E-state index in [1.807, 2.05) is 0 Å². The quantitative estimate of drug-likeness (QED) is 0.399. The van der Waals surface area contributed by atoms with E-state index in [-0.39, 0.29) is 0 Å². The molecule has 3 saturated carbocycles. The van der Waals surface area contributed by atoms with Gasteiger partial charge in [0.2, 0.25) is 0 Å². The summed E-state index contributed by atoms with van der Waals surface area (Å²) >= 11 is 0. The second-order valence-corrected chi connectivity index (χ2v) is 13.2. The predicted molar refractivity (Wildman–Crippen MR) is 140 cm³/mol. The second-order valence-electron chi connectivity index (χ2n) is 13.2. The Hall–Kier alpha value is -0.780. The molecule has 3 aliphatic carbocycles. The van der Waals surface area contributed by atoms with E-state index >= 15 is 0 Å². The number of aryl methyl sites for hydroxylation is 1. The third kappa shape index (κ3) is 6.42. The predicted octanol–water partition coefficient (Wildman–Crippen LogP) is 9.65. The van der Waals surface area contributed by atoms with Crippen molar-refractivity contribution < 1.29 is 0 Å². The molecule has 4 rings (SSSR count). The van der Waals surface area contributed by atoms with Crippen LogP contribution >= 0.6 is 0 Å². The molecule has 1 aromatic carbocycles. The number of benzene rings is 1. The van der Waals surface area contributed by atoms with Gasteiger partial charge in [-0.05, 0) is 110 Å². The molecule has 0 heteroatoms. The van der Waals surface area contributed by atoms with Gasteiger partial charge in [-0.25, -0.2) is 0 Å². The summed E-state index contributed by atoms with van der Waals surface area (Å²) in [6.07, 6.45) is 21.7. The van der Waals surface area contributed by atoms with Crippen LogP contribution in [0.3, 0.4) is 0 Å². The first kappa shape index (κ1) is 24.3. The standard InChI is InChI=1S/C32H52/c1-24-5-9-28(10-6-24)23-29-15-13-26(14-16-29)11-12-27-17-21-31(22-18-27)32(3,4)30-19-7-25(2)8-20-30/h13-16,24-25,27-28,30-31H,5-12,17-23H2,1-4H3. The van der Waals surface area contributed by atoms with Gasteiger partial charge in [0.05, 0.1) is 0 Å². The fraction of sp³-hybridized carbons (Fsp3) is 0.812. The zero-order chi connectivity index (χ0) is 22.6. The molecule has 0 atom stereocenters. The van der Waals surface area contributed by atoms with Crippen LogP contribution in [0.15, 0.2) is 24.3 Å². The molecule has 0 nitrogen and oxygen atoms in total. The Balaban J connectivity index is 1.18. The Morgan fingerprint density at radius 2 is 1.03 bits per heavy atom. The summed E-state index contributed by atoms with van der Waals surface area (Å²) in [6.45, 7) is 10.1. The average molecular weight is 437 g/mol. The van der Waals surface area contributed by atoms with E-state index < -0.39 is 0 Å². The smallest absolute Gasteiger partial charge is 0.0250 e. The average Bonchev–Trinajstić information content (AvgIpc) is 2.81. The van der Waals surface area contributed by atoms with Gasteiger partial charge in [0, 0.05) is 0 Å². The van der Waals surface area contributed by atoms with Crippen LogP contribution < -0.4 is 0 Å². The topological polar surface area (TPSA) is 0 Å². The van der Waals surface area contributed by atoms with Crippen molar-refractivity contribution in [3.8, 4) is 0 Å². The van der Waals surface area contributed by atoms with Crippen molar-refractivity contribution >= 4 is 0 Å². The minimum absolute atomic E-state index is 0.567. The summed E-state index contributed by atoms with van der Waals surface area (Å²) in [7, 11) is 0. The lowest BCUT2D eigenvalue weighted by Crippen LogP contribution is -2.37. The number of hydrogen-bond donors (Lipinski definition) is 0. The molecule has 32 heavy (non-hydrogen) atoms. The molecule has 0 radical (unpaired) electrons. The molecule has 0 spiro atoms. The van der Waals surface area contributed by atoms with Gasteiger partial charge in [-0.3, -0.25) is 0 Å². The van der Waals surface area contributed by atoms with Crippen molar-refractivity contribution in [2.45, 2.75) is 124 Å². The van der Waals surface area contributed by atoms with Crippen LogP contribution in [0, 0.1) is 40.9 Å². The van der Waals surface area contributed by atoms with Crippen LogP contribution in [0.5, 0.6) is 0 Å². The van der Waals surface area contributed by atoms with Crippen LogP contribution in [-0.4, -0.2) is 0 Å². The zero-order valence-corrected chi connectivity index (χ0v) is 21.9. The van der Waals surface area contributed by atoms with E-state index in [0.717, 1.165) is 35.5 Å². The van der Waals surface area contributed by atoms with E-state index in [1.54, 1.807) is 11.1 Å². The molecule has 3 aliphatic rings. The van der Waals surface area contributed by atoms with Crippen LogP contribution in [-0.2, 0) is 12.8 Å². The Kier molecular flexibility index (Phi) is 8.44. The van der Waals surface area contributed by atoms with Crippen LogP contribution in [0.1, 0.15) is 122 Å². The molecule has 0 heterocycles. The fourth-order valence-corrected chi connectivity index (χ4v) is 7.61. The minimum Gasteiger partial charge on any atom is -0.0625 e. The molecule has 0 bridgehead atoms. The molecule has 1 aromatic rings. The van der Waals surface area contributed by atoms with Crippen molar-refractivity contribution in [2.24, 2.45) is 40.9 Å². The van der Waals surface area contributed by atoms with Crippen molar-refractivity contribution in [1.29, 1.82) is 0 Å². The maximum atomic E-state index is 2.62. The molecule has 0 saturated heterocycles. The molecule has 3 fully saturated rings. The molecular weight excluding hydrogens is 384 g/mol. The fourth-order valence-electron chi connectivity index (χ4n) is 7.61. The van der Waals surface area contributed by atoms with Gasteiger partial charge in [0.1, 0.15) is 0 Å². The third-order valence-electron chi connectivity index (χ3n) is 10.5. The summed E-state index contributed by atoms with van der Waals surface area (Å²) in [5, 5.41) is 0. The molecule has 0 aromatic heterocycles. The van der Waals surface area contributed by atoms with Crippen molar-refractivity contribution in [3.63, 3.8) is 0 Å². The normalized spacial score (nSPS) is 34.4. The highest BCUT2D eigenvalue weighted by atomic mass is 14.4. The molecule has 0 aliphatic heterocycles. The van der Waals surface area contributed by atoms with Crippen molar-refractivity contribution in [1.82, 2.24) is 0 Å². The maximum Gasteiger partial charge on any atom is -0.0250 e. The zero-order valence-electron chi connectivity index (χ0n) is 21.9. The van der Waals surface area contributed by atoms with Gasteiger partial charge >= 0.3 is 0 Å². The maximum absolute atomic E-state index is 2.62. The summed E-state index contributed by atoms with van der Waals surface area (Å²) in [6, 6.07) is 9.77.